The Morgan fingerprint density at radius 1 is 1.75 bits per heavy atom. The van der Waals surface area contributed by atoms with Crippen LogP contribution < -0.4 is 0 Å². The second-order valence-corrected chi connectivity index (χ2v) is 1.57. The Morgan fingerprint density at radius 3 is 2.88 bits per heavy atom. The lowest BCUT2D eigenvalue weighted by Crippen LogP contribution is -2.38. The van der Waals surface area contributed by atoms with Crippen LogP contribution in [0.5, 0.6) is 0 Å². The van der Waals surface area contributed by atoms with E-state index >= 15 is 0 Å². The molecule has 0 aromatic rings. The van der Waals surface area contributed by atoms with Gasteiger partial charge < -0.3 is 4.74 Å². The smallest absolute Gasteiger partial charge is 0.271 e. The van der Waals surface area contributed by atoms with Crippen LogP contribution in [0.2, 0.25) is 0 Å². The van der Waals surface area contributed by atoms with Crippen LogP contribution in [0.25, 0.3) is 0 Å². The molecule has 4 nitrogen and oxygen atoms in total. The van der Waals surface area contributed by atoms with E-state index in [1.54, 1.807) is 0 Å². The number of carbonyl (C=O) groups is 1. The number of hydrogen-bond donors (Lipinski definition) is 1. The van der Waals surface area contributed by atoms with Crippen molar-refractivity contribution >= 4 is 5.91 Å². The minimum Gasteiger partial charge on any atom is -0.370 e. The van der Waals surface area contributed by atoms with Crippen LogP contribution in [0, 0.1) is 0 Å². The molecule has 0 atom stereocenters. The Kier molecular flexibility index (Phi) is 1.45. The second-order valence-electron chi connectivity index (χ2n) is 1.57. The summed E-state index contributed by atoms with van der Waals surface area (Å²) in [7, 11) is 0. The summed E-state index contributed by atoms with van der Waals surface area (Å²) in [5.41, 5.74) is 0. The summed E-state index contributed by atoms with van der Waals surface area (Å²) in [4.78, 5) is 10.3. The molecule has 0 bridgehead atoms. The lowest BCUT2D eigenvalue weighted by atomic mass is 10.5. The molecule has 8 heavy (non-hydrogen) atoms. The van der Waals surface area contributed by atoms with E-state index in [2.05, 4.69) is 0 Å². The minimum absolute atomic E-state index is 0.0104. The third-order valence-corrected chi connectivity index (χ3v) is 0.961. The van der Waals surface area contributed by atoms with Gasteiger partial charge in [0.15, 0.2) is 0 Å². The van der Waals surface area contributed by atoms with Crippen LogP contribution in [-0.2, 0) is 9.53 Å². The number of ether oxygens (including phenoxy) is 1. The van der Waals surface area contributed by atoms with Crippen LogP contribution in [0.15, 0.2) is 0 Å². The maximum Gasteiger partial charge on any atom is 0.271 e. The molecule has 4 heteroatoms. The lowest BCUT2D eigenvalue weighted by molar-refractivity contribution is -0.183. The van der Waals surface area contributed by atoms with Gasteiger partial charge in [0.2, 0.25) is 0 Å². The minimum atomic E-state index is -0.365. The number of carbonyl (C=O) groups excluding carboxylic acids is 1. The zero-order chi connectivity index (χ0) is 5.98. The van der Waals surface area contributed by atoms with Gasteiger partial charge in [-0.3, -0.25) is 10.0 Å². The molecule has 0 aliphatic carbocycles. The Labute approximate surface area is 46.6 Å². The molecule has 1 N–H and O–H groups in total. The van der Waals surface area contributed by atoms with Gasteiger partial charge in [0.25, 0.3) is 5.91 Å². The quantitative estimate of drug-likeness (QED) is 0.424. The summed E-state index contributed by atoms with van der Waals surface area (Å²) >= 11 is 0. The third-order valence-electron chi connectivity index (χ3n) is 0.961. The van der Waals surface area contributed by atoms with E-state index in [0.29, 0.717) is 18.2 Å². The average molecular weight is 117 g/mol. The van der Waals surface area contributed by atoms with Gasteiger partial charge in [0.05, 0.1) is 13.2 Å². The molecule has 1 heterocycles. The first-order valence-electron chi connectivity index (χ1n) is 2.37. The second kappa shape index (κ2) is 2.11. The number of rotatable bonds is 0. The largest absolute Gasteiger partial charge is 0.370 e. The van der Waals surface area contributed by atoms with Crippen molar-refractivity contribution < 1.29 is 14.7 Å². The number of nitrogens with zero attached hydrogens (tertiary/aromatic N) is 1. The molecule has 1 amide bonds. The summed E-state index contributed by atoms with van der Waals surface area (Å²) in [6.07, 6.45) is 0. The first-order valence-corrected chi connectivity index (χ1v) is 2.37. The van der Waals surface area contributed by atoms with E-state index in [1.165, 1.54) is 0 Å². The van der Waals surface area contributed by atoms with Crippen molar-refractivity contribution in [1.82, 2.24) is 5.06 Å². The van der Waals surface area contributed by atoms with Crippen molar-refractivity contribution in [3.8, 4) is 0 Å². The van der Waals surface area contributed by atoms with Gasteiger partial charge in [-0.15, -0.1) is 0 Å². The van der Waals surface area contributed by atoms with Crippen LogP contribution in [0.3, 0.4) is 0 Å². The predicted octanol–water partition coefficient (Wildman–Crippen LogP) is -0.766. The molecule has 0 spiro atoms. The number of amides is 1. The Balaban J connectivity index is 2.39. The summed E-state index contributed by atoms with van der Waals surface area (Å²) in [6.45, 7) is 0.734. The van der Waals surface area contributed by atoms with E-state index in [0.717, 1.165) is 0 Å². The number of hydroxylamine groups is 2. The fraction of sp³-hybridized carbons (Fsp3) is 0.750. The summed E-state index contributed by atoms with van der Waals surface area (Å²) in [6, 6.07) is 0. The van der Waals surface area contributed by atoms with Crippen LogP contribution >= 0.6 is 0 Å². The first-order chi connectivity index (χ1) is 3.80. The molecule has 0 aromatic heterocycles. The van der Waals surface area contributed by atoms with E-state index in [1.807, 2.05) is 0 Å². The zero-order valence-corrected chi connectivity index (χ0v) is 4.33. The van der Waals surface area contributed by atoms with Crippen molar-refractivity contribution in [3.05, 3.63) is 0 Å². The van der Waals surface area contributed by atoms with Gasteiger partial charge in [-0.1, -0.05) is 0 Å². The van der Waals surface area contributed by atoms with Crippen LogP contribution in [-0.4, -0.2) is 35.9 Å². The summed E-state index contributed by atoms with van der Waals surface area (Å²) < 4.78 is 4.70. The molecular weight excluding hydrogens is 110 g/mol. The average Bonchev–Trinajstić information content (AvgIpc) is 1.77. The molecule has 1 rings (SSSR count). The van der Waals surface area contributed by atoms with Gasteiger partial charge in [-0.05, 0) is 0 Å². The van der Waals surface area contributed by atoms with Gasteiger partial charge in [0.1, 0.15) is 6.61 Å². The summed E-state index contributed by atoms with van der Waals surface area (Å²) in [5.74, 6) is -0.365. The maximum atomic E-state index is 10.3. The van der Waals surface area contributed by atoms with E-state index in [-0.39, 0.29) is 12.5 Å². The van der Waals surface area contributed by atoms with Gasteiger partial charge >= 0.3 is 0 Å². The highest BCUT2D eigenvalue weighted by molar-refractivity contribution is 5.76. The number of hydrogen-bond acceptors (Lipinski definition) is 3. The van der Waals surface area contributed by atoms with Crippen molar-refractivity contribution in [2.75, 3.05) is 19.8 Å². The number of morpholine rings is 1. The molecule has 1 saturated heterocycles. The molecule has 0 unspecified atom stereocenters. The Bertz CT molecular complexity index is 103. The Hall–Kier alpha value is -0.610. The molecular formula is C4H7NO3. The van der Waals surface area contributed by atoms with E-state index < -0.39 is 0 Å². The van der Waals surface area contributed by atoms with E-state index in [4.69, 9.17) is 9.94 Å². The Morgan fingerprint density at radius 2 is 2.50 bits per heavy atom. The summed E-state index contributed by atoms with van der Waals surface area (Å²) in [5, 5.41) is 9.25. The molecule has 1 aliphatic heterocycles. The van der Waals surface area contributed by atoms with Crippen molar-refractivity contribution in [2.24, 2.45) is 0 Å². The van der Waals surface area contributed by atoms with Gasteiger partial charge in [0, 0.05) is 0 Å². The molecule has 0 radical (unpaired) electrons. The molecule has 1 aliphatic rings. The zero-order valence-electron chi connectivity index (χ0n) is 4.33. The SMILES string of the molecule is O=C1COCCN1O. The highest BCUT2D eigenvalue weighted by atomic mass is 16.5. The monoisotopic (exact) mass is 117 g/mol. The third kappa shape index (κ3) is 0.962. The lowest BCUT2D eigenvalue weighted by Gasteiger charge is -2.19. The highest BCUT2D eigenvalue weighted by Crippen LogP contribution is 1.92. The van der Waals surface area contributed by atoms with Crippen LogP contribution in [0.4, 0.5) is 0 Å². The molecule has 0 saturated carbocycles. The normalized spacial score (nSPS) is 21.6. The standard InChI is InChI=1S/C4H7NO3/c6-4-3-8-2-1-5(4)7/h7H,1-3H2. The topological polar surface area (TPSA) is 49.8 Å². The molecule has 0 aromatic carbocycles. The van der Waals surface area contributed by atoms with Gasteiger partial charge in [-0.2, -0.15) is 0 Å². The fourth-order valence-electron chi connectivity index (χ4n) is 0.510. The first kappa shape index (κ1) is 5.53. The predicted molar refractivity (Wildman–Crippen MR) is 24.3 cm³/mol. The molecule has 46 valence electrons. The maximum absolute atomic E-state index is 10.3. The molecule has 1 fully saturated rings. The van der Waals surface area contributed by atoms with E-state index in [9.17, 15) is 4.79 Å². The fourth-order valence-corrected chi connectivity index (χ4v) is 0.510. The highest BCUT2D eigenvalue weighted by Gasteiger charge is 2.14. The van der Waals surface area contributed by atoms with Crippen LogP contribution in [0.1, 0.15) is 0 Å². The van der Waals surface area contributed by atoms with Crippen molar-refractivity contribution in [1.29, 1.82) is 0 Å². The van der Waals surface area contributed by atoms with Crippen molar-refractivity contribution in [3.63, 3.8) is 0 Å². The van der Waals surface area contributed by atoms with Gasteiger partial charge in [-0.25, -0.2) is 5.06 Å². The van der Waals surface area contributed by atoms with Crippen molar-refractivity contribution in [2.45, 2.75) is 0 Å².